The molecule has 0 bridgehead atoms. The highest BCUT2D eigenvalue weighted by Gasteiger charge is 2.38. The Hall–Kier alpha value is -0.693. The van der Waals surface area contributed by atoms with Crippen molar-refractivity contribution in [1.82, 2.24) is 0 Å². The molecular formula is C14H28O5Si. The Morgan fingerprint density at radius 1 is 1.15 bits per heavy atom. The molecule has 118 valence electrons. The fraction of sp³-hybridized carbons (Fsp3) is 0.786. The van der Waals surface area contributed by atoms with Crippen molar-refractivity contribution in [1.29, 1.82) is 0 Å². The van der Waals surface area contributed by atoms with Crippen molar-refractivity contribution in [2.75, 3.05) is 21.3 Å². The normalized spacial score (nSPS) is 13.0. The van der Waals surface area contributed by atoms with Crippen molar-refractivity contribution >= 4 is 14.8 Å². The first-order valence-electron chi connectivity index (χ1n) is 7.06. The van der Waals surface area contributed by atoms with Gasteiger partial charge in [0.1, 0.15) is 6.10 Å². The molecule has 20 heavy (non-hydrogen) atoms. The van der Waals surface area contributed by atoms with Crippen molar-refractivity contribution in [2.24, 2.45) is 0 Å². The molecule has 0 amide bonds. The van der Waals surface area contributed by atoms with Crippen LogP contribution in [0.15, 0.2) is 12.7 Å². The van der Waals surface area contributed by atoms with Crippen molar-refractivity contribution in [3.8, 4) is 0 Å². The molecule has 0 aliphatic carbocycles. The van der Waals surface area contributed by atoms with E-state index < -0.39 is 8.80 Å². The predicted molar refractivity (Wildman–Crippen MR) is 80.4 cm³/mol. The molecule has 6 heteroatoms. The molecule has 0 saturated carbocycles. The lowest BCUT2D eigenvalue weighted by molar-refractivity contribution is -0.143. The van der Waals surface area contributed by atoms with Crippen LogP contribution in [0, 0.1) is 0 Å². The van der Waals surface area contributed by atoms with Gasteiger partial charge in [-0.15, -0.1) is 0 Å². The molecule has 0 aromatic rings. The van der Waals surface area contributed by atoms with Crippen LogP contribution in [0.5, 0.6) is 0 Å². The molecule has 0 heterocycles. The van der Waals surface area contributed by atoms with Crippen LogP contribution in [0.1, 0.15) is 39.0 Å². The largest absolute Gasteiger partial charge is 0.500 e. The average Bonchev–Trinajstić information content (AvgIpc) is 2.48. The molecule has 0 N–H and O–H groups in total. The van der Waals surface area contributed by atoms with E-state index >= 15 is 0 Å². The molecule has 0 aliphatic rings. The van der Waals surface area contributed by atoms with Gasteiger partial charge in [0.15, 0.2) is 0 Å². The minimum absolute atomic E-state index is 0.139. The quantitative estimate of drug-likeness (QED) is 0.240. The van der Waals surface area contributed by atoms with E-state index in [1.54, 1.807) is 21.3 Å². The van der Waals surface area contributed by atoms with Crippen molar-refractivity contribution in [3.05, 3.63) is 12.7 Å². The molecule has 0 rings (SSSR count). The number of rotatable bonds is 12. The zero-order chi connectivity index (χ0) is 15.4. The molecule has 1 atom stereocenters. The standard InChI is InChI=1S/C14H28O5Si/c1-6-8-9-10-13(19-14(15)7-2)11-12-20(16-3,17-4)18-5/h7,13H,2,6,8-12H2,1,3-5H3. The highest BCUT2D eigenvalue weighted by molar-refractivity contribution is 6.60. The summed E-state index contributed by atoms with van der Waals surface area (Å²) in [5, 5.41) is 0. The number of unbranched alkanes of at least 4 members (excludes halogenated alkanes) is 2. The van der Waals surface area contributed by atoms with Crippen LogP contribution in [0.4, 0.5) is 0 Å². The van der Waals surface area contributed by atoms with E-state index in [0.717, 1.165) is 25.7 Å². The van der Waals surface area contributed by atoms with E-state index in [-0.39, 0.29) is 12.1 Å². The van der Waals surface area contributed by atoms with E-state index in [9.17, 15) is 4.79 Å². The number of esters is 1. The summed E-state index contributed by atoms with van der Waals surface area (Å²) in [7, 11) is 2.15. The maximum absolute atomic E-state index is 11.4. The summed E-state index contributed by atoms with van der Waals surface area (Å²) in [6.07, 6.45) is 5.87. The summed E-state index contributed by atoms with van der Waals surface area (Å²) in [6.45, 7) is 5.57. The zero-order valence-corrected chi connectivity index (χ0v) is 14.1. The third-order valence-corrected chi connectivity index (χ3v) is 6.05. The van der Waals surface area contributed by atoms with Gasteiger partial charge in [0.05, 0.1) is 0 Å². The van der Waals surface area contributed by atoms with Crippen LogP contribution >= 0.6 is 0 Å². The third-order valence-electron chi connectivity index (χ3n) is 3.28. The van der Waals surface area contributed by atoms with Crippen LogP contribution < -0.4 is 0 Å². The van der Waals surface area contributed by atoms with Gasteiger partial charge in [-0.1, -0.05) is 26.3 Å². The fourth-order valence-corrected chi connectivity index (χ4v) is 3.78. The number of hydrogen-bond donors (Lipinski definition) is 0. The summed E-state index contributed by atoms with van der Waals surface area (Å²) in [4.78, 5) is 11.4. The summed E-state index contributed by atoms with van der Waals surface area (Å²) < 4.78 is 21.5. The minimum atomic E-state index is -2.61. The lowest BCUT2D eigenvalue weighted by Gasteiger charge is -2.26. The molecule has 0 aromatic carbocycles. The van der Waals surface area contributed by atoms with Crippen molar-refractivity contribution in [2.45, 2.75) is 51.2 Å². The summed E-state index contributed by atoms with van der Waals surface area (Å²) >= 11 is 0. The molecule has 5 nitrogen and oxygen atoms in total. The second-order valence-corrected chi connectivity index (χ2v) is 7.68. The van der Waals surface area contributed by atoms with E-state index in [2.05, 4.69) is 13.5 Å². The lowest BCUT2D eigenvalue weighted by Crippen LogP contribution is -2.43. The van der Waals surface area contributed by atoms with Crippen LogP contribution in [-0.2, 0) is 22.8 Å². The average molecular weight is 304 g/mol. The highest BCUT2D eigenvalue weighted by Crippen LogP contribution is 2.20. The molecule has 0 saturated heterocycles. The Balaban J connectivity index is 4.45. The predicted octanol–water partition coefficient (Wildman–Crippen LogP) is 2.93. The maximum atomic E-state index is 11.4. The van der Waals surface area contributed by atoms with Gasteiger partial charge >= 0.3 is 14.8 Å². The highest BCUT2D eigenvalue weighted by atomic mass is 28.4. The van der Waals surface area contributed by atoms with Crippen molar-refractivity contribution < 1.29 is 22.8 Å². The van der Waals surface area contributed by atoms with Crippen LogP contribution in [0.25, 0.3) is 0 Å². The molecule has 0 spiro atoms. The number of ether oxygens (including phenoxy) is 1. The SMILES string of the molecule is C=CC(=O)OC(CCCCC)CC[Si](OC)(OC)OC. The Kier molecular flexibility index (Phi) is 10.6. The van der Waals surface area contributed by atoms with Crippen LogP contribution in [-0.4, -0.2) is 42.2 Å². The summed E-state index contributed by atoms with van der Waals surface area (Å²) in [5.74, 6) is -0.383. The fourth-order valence-electron chi connectivity index (χ4n) is 1.99. The summed E-state index contributed by atoms with van der Waals surface area (Å²) in [5.41, 5.74) is 0. The smallest absolute Gasteiger partial charge is 0.459 e. The Labute approximate surface area is 123 Å². The third kappa shape index (κ3) is 7.19. The van der Waals surface area contributed by atoms with Gasteiger partial charge in [-0.3, -0.25) is 0 Å². The van der Waals surface area contributed by atoms with E-state index in [4.69, 9.17) is 18.0 Å². The van der Waals surface area contributed by atoms with Crippen LogP contribution in [0.3, 0.4) is 0 Å². The van der Waals surface area contributed by atoms with Gasteiger partial charge in [0.2, 0.25) is 0 Å². The van der Waals surface area contributed by atoms with Gasteiger partial charge in [-0.05, 0) is 19.3 Å². The molecule has 0 aliphatic heterocycles. The number of carbonyl (C=O) groups is 1. The molecule has 1 unspecified atom stereocenters. The van der Waals surface area contributed by atoms with Gasteiger partial charge in [-0.2, -0.15) is 0 Å². The van der Waals surface area contributed by atoms with Gasteiger partial charge < -0.3 is 18.0 Å². The Morgan fingerprint density at radius 3 is 2.20 bits per heavy atom. The molecular weight excluding hydrogens is 276 g/mol. The van der Waals surface area contributed by atoms with Crippen molar-refractivity contribution in [3.63, 3.8) is 0 Å². The van der Waals surface area contributed by atoms with Gasteiger partial charge in [0, 0.05) is 33.4 Å². The second kappa shape index (κ2) is 11.0. The Bertz CT molecular complexity index is 270. The van der Waals surface area contributed by atoms with E-state index in [1.807, 2.05) is 0 Å². The first kappa shape index (κ1) is 19.3. The minimum Gasteiger partial charge on any atom is -0.459 e. The van der Waals surface area contributed by atoms with E-state index in [1.165, 1.54) is 6.08 Å². The maximum Gasteiger partial charge on any atom is 0.500 e. The van der Waals surface area contributed by atoms with Gasteiger partial charge in [-0.25, -0.2) is 4.79 Å². The first-order valence-corrected chi connectivity index (χ1v) is 8.99. The van der Waals surface area contributed by atoms with Crippen LogP contribution in [0.2, 0.25) is 6.04 Å². The monoisotopic (exact) mass is 304 g/mol. The first-order chi connectivity index (χ1) is 9.57. The lowest BCUT2D eigenvalue weighted by atomic mass is 10.1. The zero-order valence-electron chi connectivity index (χ0n) is 13.1. The molecule has 0 fully saturated rings. The topological polar surface area (TPSA) is 54.0 Å². The second-order valence-electron chi connectivity index (χ2n) is 4.59. The van der Waals surface area contributed by atoms with E-state index in [0.29, 0.717) is 12.5 Å². The van der Waals surface area contributed by atoms with Gasteiger partial charge in [0.25, 0.3) is 0 Å². The summed E-state index contributed by atoms with van der Waals surface area (Å²) in [6, 6.07) is 0.623. The number of carbonyl (C=O) groups excluding carboxylic acids is 1. The Morgan fingerprint density at radius 2 is 1.75 bits per heavy atom. The number of hydrogen-bond acceptors (Lipinski definition) is 5. The molecule has 0 aromatic heterocycles. The molecule has 0 radical (unpaired) electrons.